The molecule has 2 saturated heterocycles. The fourth-order valence-electron chi connectivity index (χ4n) is 3.50. The lowest BCUT2D eigenvalue weighted by Gasteiger charge is -2.35. The number of benzene rings is 1. The Hall–Kier alpha value is -0.770. The van der Waals surface area contributed by atoms with Crippen LogP contribution in [0.15, 0.2) is 18.2 Å². The molecule has 2 atom stereocenters. The molecule has 0 aromatic heterocycles. The Morgan fingerprint density at radius 2 is 1.95 bits per heavy atom. The van der Waals surface area contributed by atoms with Crippen molar-refractivity contribution in [2.45, 2.75) is 50.2 Å². The van der Waals surface area contributed by atoms with Gasteiger partial charge >= 0.3 is 0 Å². The largest absolute Gasteiger partial charge is 0.342 e. The highest BCUT2D eigenvalue weighted by Crippen LogP contribution is 2.30. The Labute approximate surface area is 135 Å². The van der Waals surface area contributed by atoms with E-state index in [4.69, 9.17) is 23.2 Å². The molecular weight excluding hydrogens is 307 g/mol. The number of amides is 1. The Bertz CT molecular complexity index is 537. The van der Waals surface area contributed by atoms with Gasteiger partial charge in [0, 0.05) is 35.2 Å². The summed E-state index contributed by atoms with van der Waals surface area (Å²) >= 11 is 12.0. The van der Waals surface area contributed by atoms with E-state index in [1.807, 2.05) is 18.0 Å². The van der Waals surface area contributed by atoms with E-state index in [1.54, 1.807) is 12.1 Å². The van der Waals surface area contributed by atoms with Gasteiger partial charge in [0.1, 0.15) is 0 Å². The van der Waals surface area contributed by atoms with Crippen molar-refractivity contribution in [3.63, 3.8) is 0 Å². The average Bonchev–Trinajstić information content (AvgIpc) is 2.79. The fraction of sp³-hybridized carbons (Fsp3) is 0.562. The van der Waals surface area contributed by atoms with Crippen LogP contribution in [0.25, 0.3) is 0 Å². The lowest BCUT2D eigenvalue weighted by Crippen LogP contribution is -2.49. The molecule has 2 bridgehead atoms. The summed E-state index contributed by atoms with van der Waals surface area (Å²) in [6.07, 6.45) is 4.95. The summed E-state index contributed by atoms with van der Waals surface area (Å²) in [6.45, 7) is 0. The van der Waals surface area contributed by atoms with Crippen LogP contribution in [0.2, 0.25) is 10.0 Å². The number of likely N-dealkylation sites (N-methyl/N-ethyl adjacent to an activating group) is 1. The van der Waals surface area contributed by atoms with E-state index < -0.39 is 0 Å². The highest BCUT2D eigenvalue weighted by atomic mass is 35.5. The van der Waals surface area contributed by atoms with E-state index >= 15 is 0 Å². The monoisotopic (exact) mass is 326 g/mol. The Morgan fingerprint density at radius 1 is 1.29 bits per heavy atom. The van der Waals surface area contributed by atoms with Crippen molar-refractivity contribution in [2.75, 3.05) is 7.05 Å². The Kier molecular flexibility index (Phi) is 4.43. The average molecular weight is 327 g/mol. The zero-order chi connectivity index (χ0) is 15.0. The summed E-state index contributed by atoms with van der Waals surface area (Å²) in [6, 6.07) is 6.83. The molecule has 0 aliphatic carbocycles. The van der Waals surface area contributed by atoms with Crippen molar-refractivity contribution in [2.24, 2.45) is 0 Å². The first kappa shape index (κ1) is 15.1. The number of hydrogen-bond acceptors (Lipinski definition) is 2. The minimum Gasteiger partial charge on any atom is -0.342 e. The molecule has 5 heteroatoms. The minimum atomic E-state index is 0.130. The first-order valence-corrected chi connectivity index (χ1v) is 8.24. The maximum Gasteiger partial charge on any atom is 0.227 e. The van der Waals surface area contributed by atoms with Crippen LogP contribution in [0.4, 0.5) is 0 Å². The van der Waals surface area contributed by atoms with Gasteiger partial charge < -0.3 is 10.2 Å². The van der Waals surface area contributed by atoms with Crippen LogP contribution < -0.4 is 5.32 Å². The molecule has 114 valence electrons. The molecule has 21 heavy (non-hydrogen) atoms. The van der Waals surface area contributed by atoms with E-state index in [0.717, 1.165) is 18.4 Å². The molecule has 2 aliphatic rings. The quantitative estimate of drug-likeness (QED) is 0.924. The summed E-state index contributed by atoms with van der Waals surface area (Å²) in [7, 11) is 1.92. The lowest BCUT2D eigenvalue weighted by atomic mass is 9.98. The first-order chi connectivity index (χ1) is 10.0. The molecule has 0 spiro atoms. The second-order valence-corrected chi connectivity index (χ2v) is 7.02. The zero-order valence-corrected chi connectivity index (χ0v) is 13.6. The third-order valence-electron chi connectivity index (χ3n) is 4.75. The molecule has 2 fully saturated rings. The number of rotatable bonds is 3. The number of halogens is 2. The normalized spacial score (nSPS) is 27.7. The smallest absolute Gasteiger partial charge is 0.227 e. The standard InChI is InChI=1S/C16H20Cl2N2O/c1-20(14-8-12-4-5-13(9-14)19-12)16(21)6-10-2-3-11(17)7-15(10)18/h2-3,7,12-14,19H,4-6,8-9H2,1H3. The van der Waals surface area contributed by atoms with Gasteiger partial charge in [-0.1, -0.05) is 29.3 Å². The molecule has 1 amide bonds. The van der Waals surface area contributed by atoms with Gasteiger partial charge in [0.05, 0.1) is 6.42 Å². The molecule has 3 rings (SSSR count). The van der Waals surface area contributed by atoms with E-state index in [9.17, 15) is 4.79 Å². The Balaban J connectivity index is 1.64. The van der Waals surface area contributed by atoms with Crippen LogP contribution in [0.1, 0.15) is 31.2 Å². The van der Waals surface area contributed by atoms with Crippen molar-refractivity contribution in [3.05, 3.63) is 33.8 Å². The van der Waals surface area contributed by atoms with Crippen molar-refractivity contribution >= 4 is 29.1 Å². The molecule has 0 radical (unpaired) electrons. The molecule has 1 N–H and O–H groups in total. The number of nitrogens with zero attached hydrogens (tertiary/aromatic N) is 1. The van der Waals surface area contributed by atoms with Crippen LogP contribution in [-0.2, 0) is 11.2 Å². The fourth-order valence-corrected chi connectivity index (χ4v) is 3.98. The second-order valence-electron chi connectivity index (χ2n) is 6.18. The highest BCUT2D eigenvalue weighted by molar-refractivity contribution is 6.35. The number of carbonyl (C=O) groups excluding carboxylic acids is 1. The maximum absolute atomic E-state index is 12.5. The summed E-state index contributed by atoms with van der Waals surface area (Å²) in [5, 5.41) is 4.77. The van der Waals surface area contributed by atoms with Crippen molar-refractivity contribution in [1.29, 1.82) is 0 Å². The number of fused-ring (bicyclic) bond motifs is 2. The van der Waals surface area contributed by atoms with Gasteiger partial charge in [-0.05, 0) is 43.4 Å². The summed E-state index contributed by atoms with van der Waals surface area (Å²) < 4.78 is 0. The van der Waals surface area contributed by atoms with Crippen LogP contribution in [-0.4, -0.2) is 36.0 Å². The van der Waals surface area contributed by atoms with Crippen molar-refractivity contribution in [3.8, 4) is 0 Å². The minimum absolute atomic E-state index is 0.130. The molecule has 0 saturated carbocycles. The number of carbonyl (C=O) groups is 1. The van der Waals surface area contributed by atoms with Crippen molar-refractivity contribution in [1.82, 2.24) is 10.2 Å². The molecule has 1 aromatic carbocycles. The predicted molar refractivity (Wildman–Crippen MR) is 85.9 cm³/mol. The highest BCUT2D eigenvalue weighted by Gasteiger charge is 2.36. The number of piperidine rings is 1. The summed E-state index contributed by atoms with van der Waals surface area (Å²) in [5.41, 5.74) is 0.842. The molecule has 3 nitrogen and oxygen atoms in total. The van der Waals surface area contributed by atoms with E-state index in [1.165, 1.54) is 12.8 Å². The van der Waals surface area contributed by atoms with E-state index in [2.05, 4.69) is 5.32 Å². The number of nitrogens with one attached hydrogen (secondary N) is 1. The van der Waals surface area contributed by atoms with Gasteiger partial charge in [-0.25, -0.2) is 0 Å². The lowest BCUT2D eigenvalue weighted by molar-refractivity contribution is -0.131. The molecule has 1 aromatic rings. The van der Waals surface area contributed by atoms with Crippen LogP contribution in [0.3, 0.4) is 0 Å². The van der Waals surface area contributed by atoms with Gasteiger partial charge in [0.15, 0.2) is 0 Å². The molecular formula is C16H20Cl2N2O. The van der Waals surface area contributed by atoms with Gasteiger partial charge in [0.2, 0.25) is 5.91 Å². The van der Waals surface area contributed by atoms with Gasteiger partial charge in [-0.15, -0.1) is 0 Å². The molecule has 2 unspecified atom stereocenters. The topological polar surface area (TPSA) is 32.3 Å². The Morgan fingerprint density at radius 3 is 2.57 bits per heavy atom. The van der Waals surface area contributed by atoms with Crippen molar-refractivity contribution < 1.29 is 4.79 Å². The maximum atomic E-state index is 12.5. The third-order valence-corrected chi connectivity index (χ3v) is 5.33. The summed E-state index contributed by atoms with van der Waals surface area (Å²) in [5.74, 6) is 0.130. The van der Waals surface area contributed by atoms with Crippen LogP contribution in [0.5, 0.6) is 0 Å². The summed E-state index contributed by atoms with van der Waals surface area (Å²) in [4.78, 5) is 14.4. The zero-order valence-electron chi connectivity index (χ0n) is 12.1. The van der Waals surface area contributed by atoms with Crippen LogP contribution in [0, 0.1) is 0 Å². The predicted octanol–water partition coefficient (Wildman–Crippen LogP) is 3.28. The van der Waals surface area contributed by atoms with E-state index in [-0.39, 0.29) is 5.91 Å². The molecule has 2 heterocycles. The van der Waals surface area contributed by atoms with E-state index in [0.29, 0.717) is 34.6 Å². The van der Waals surface area contributed by atoms with Gasteiger partial charge in [0.25, 0.3) is 0 Å². The second kappa shape index (κ2) is 6.15. The SMILES string of the molecule is CN(C(=O)Cc1ccc(Cl)cc1Cl)C1CC2CCC(C1)N2. The van der Waals surface area contributed by atoms with Crippen LogP contribution >= 0.6 is 23.2 Å². The van der Waals surface area contributed by atoms with Gasteiger partial charge in [-0.2, -0.15) is 0 Å². The first-order valence-electron chi connectivity index (χ1n) is 7.48. The molecule has 2 aliphatic heterocycles. The number of hydrogen-bond donors (Lipinski definition) is 1. The third kappa shape index (κ3) is 3.36. The van der Waals surface area contributed by atoms with Gasteiger partial charge in [-0.3, -0.25) is 4.79 Å².